The van der Waals surface area contributed by atoms with Gasteiger partial charge in [-0.15, -0.1) is 0 Å². The van der Waals surface area contributed by atoms with Crippen LogP contribution in [0.15, 0.2) is 42.7 Å². The Morgan fingerprint density at radius 1 is 1.15 bits per heavy atom. The Hall–Kier alpha value is -2.80. The second-order valence-electron chi connectivity index (χ2n) is 6.72. The molecule has 0 radical (unpaired) electrons. The average Bonchev–Trinajstić information content (AvgIpc) is 3.37. The lowest BCUT2D eigenvalue weighted by atomic mass is 10.2. The van der Waals surface area contributed by atoms with Gasteiger partial charge in [-0.3, -0.25) is 4.98 Å². The van der Waals surface area contributed by atoms with Gasteiger partial charge in [0.25, 0.3) is 0 Å². The van der Waals surface area contributed by atoms with E-state index in [0.29, 0.717) is 19.6 Å². The maximum absolute atomic E-state index is 12.8. The molecule has 3 heterocycles. The Morgan fingerprint density at radius 3 is 2.81 bits per heavy atom. The summed E-state index contributed by atoms with van der Waals surface area (Å²) in [6.07, 6.45) is 5.62. The minimum Gasteiger partial charge on any atom is -0.454 e. The molecule has 7 heteroatoms. The zero-order valence-electron chi connectivity index (χ0n) is 15.1. The molecule has 2 aliphatic rings. The molecule has 1 fully saturated rings. The summed E-state index contributed by atoms with van der Waals surface area (Å²) in [4.78, 5) is 18.7. The number of benzene rings is 1. The fraction of sp³-hybridized carbons (Fsp3) is 0.400. The molecule has 2 aromatic rings. The van der Waals surface area contributed by atoms with E-state index in [1.807, 2.05) is 30.3 Å². The first-order valence-corrected chi connectivity index (χ1v) is 9.20. The van der Waals surface area contributed by atoms with Crippen molar-refractivity contribution in [3.05, 3.63) is 53.9 Å². The normalized spacial score (nSPS) is 17.7. The van der Waals surface area contributed by atoms with Gasteiger partial charge in [-0.2, -0.15) is 0 Å². The van der Waals surface area contributed by atoms with Gasteiger partial charge in [0.1, 0.15) is 0 Å². The molecule has 0 saturated carbocycles. The van der Waals surface area contributed by atoms with Crippen LogP contribution >= 0.6 is 0 Å². The molecule has 7 nitrogen and oxygen atoms in total. The maximum Gasteiger partial charge on any atom is 0.318 e. The lowest BCUT2D eigenvalue weighted by Gasteiger charge is -2.26. The van der Waals surface area contributed by atoms with Crippen molar-refractivity contribution in [2.45, 2.75) is 32.0 Å². The lowest BCUT2D eigenvalue weighted by Crippen LogP contribution is -2.43. The summed E-state index contributed by atoms with van der Waals surface area (Å²) in [5.41, 5.74) is 2.01. The summed E-state index contributed by atoms with van der Waals surface area (Å²) in [6, 6.07) is 9.43. The van der Waals surface area contributed by atoms with Crippen molar-refractivity contribution in [3.63, 3.8) is 0 Å². The van der Waals surface area contributed by atoms with E-state index in [1.54, 1.807) is 17.3 Å². The average molecular weight is 369 g/mol. The van der Waals surface area contributed by atoms with E-state index in [2.05, 4.69) is 10.3 Å². The molecule has 1 atom stereocenters. The summed E-state index contributed by atoms with van der Waals surface area (Å²) in [7, 11) is 0. The minimum absolute atomic E-state index is 0.100. The summed E-state index contributed by atoms with van der Waals surface area (Å²) in [5.74, 6) is 1.46. The number of nitrogens with zero attached hydrogens (tertiary/aromatic N) is 2. The number of carbonyl (C=O) groups excluding carboxylic acids is 1. The van der Waals surface area contributed by atoms with Crippen LogP contribution in [0, 0.1) is 0 Å². The third-order valence-corrected chi connectivity index (χ3v) is 4.74. The highest BCUT2D eigenvalue weighted by atomic mass is 16.7. The highest BCUT2D eigenvalue weighted by molar-refractivity contribution is 5.74. The zero-order valence-corrected chi connectivity index (χ0v) is 15.1. The Morgan fingerprint density at radius 2 is 2.00 bits per heavy atom. The number of amides is 2. The monoisotopic (exact) mass is 369 g/mol. The van der Waals surface area contributed by atoms with Crippen LogP contribution in [0.25, 0.3) is 0 Å². The SMILES string of the molecule is O=C(NCc1ccc2c(c1)OCO2)N(Cc1ccncc1)CC1CCCO1. The molecule has 1 unspecified atom stereocenters. The van der Waals surface area contributed by atoms with Crippen LogP contribution in [-0.4, -0.2) is 42.0 Å². The number of aromatic nitrogens is 1. The molecule has 2 amide bonds. The van der Waals surface area contributed by atoms with Gasteiger partial charge in [0.05, 0.1) is 6.10 Å². The van der Waals surface area contributed by atoms with Crippen molar-refractivity contribution < 1.29 is 19.0 Å². The molecule has 0 spiro atoms. The van der Waals surface area contributed by atoms with Crippen LogP contribution in [0.3, 0.4) is 0 Å². The van der Waals surface area contributed by atoms with Crippen LogP contribution in [0.1, 0.15) is 24.0 Å². The first kappa shape index (κ1) is 17.6. The first-order chi connectivity index (χ1) is 13.3. The highest BCUT2D eigenvalue weighted by Crippen LogP contribution is 2.32. The maximum atomic E-state index is 12.8. The van der Waals surface area contributed by atoms with Gasteiger partial charge in [-0.1, -0.05) is 6.07 Å². The predicted molar refractivity (Wildman–Crippen MR) is 98.4 cm³/mol. The Kier molecular flexibility index (Phi) is 5.39. The van der Waals surface area contributed by atoms with E-state index in [0.717, 1.165) is 42.1 Å². The smallest absolute Gasteiger partial charge is 0.318 e. The summed E-state index contributed by atoms with van der Waals surface area (Å²) in [6.45, 7) is 2.54. The van der Waals surface area contributed by atoms with Crippen molar-refractivity contribution in [3.8, 4) is 11.5 Å². The van der Waals surface area contributed by atoms with E-state index in [9.17, 15) is 4.79 Å². The number of pyridine rings is 1. The van der Waals surface area contributed by atoms with E-state index in [1.165, 1.54) is 0 Å². The molecular formula is C20H23N3O4. The third kappa shape index (κ3) is 4.49. The number of rotatable bonds is 6. The summed E-state index contributed by atoms with van der Waals surface area (Å²) >= 11 is 0. The van der Waals surface area contributed by atoms with Crippen LogP contribution < -0.4 is 14.8 Å². The molecule has 27 heavy (non-hydrogen) atoms. The number of urea groups is 1. The van der Waals surface area contributed by atoms with Crippen molar-refractivity contribution >= 4 is 6.03 Å². The van der Waals surface area contributed by atoms with Gasteiger partial charge in [0.2, 0.25) is 6.79 Å². The van der Waals surface area contributed by atoms with E-state index < -0.39 is 0 Å². The zero-order chi connectivity index (χ0) is 18.5. The summed E-state index contributed by atoms with van der Waals surface area (Å²) in [5, 5.41) is 3.00. The Balaban J connectivity index is 1.39. The summed E-state index contributed by atoms with van der Waals surface area (Å²) < 4.78 is 16.4. The second kappa shape index (κ2) is 8.26. The van der Waals surface area contributed by atoms with Crippen LogP contribution in [0.2, 0.25) is 0 Å². The van der Waals surface area contributed by atoms with E-state index in [4.69, 9.17) is 14.2 Å². The van der Waals surface area contributed by atoms with Crippen molar-refractivity contribution in [2.75, 3.05) is 19.9 Å². The van der Waals surface area contributed by atoms with Crippen molar-refractivity contribution in [1.29, 1.82) is 0 Å². The van der Waals surface area contributed by atoms with Gasteiger partial charge in [-0.25, -0.2) is 4.79 Å². The molecule has 1 N–H and O–H groups in total. The van der Waals surface area contributed by atoms with E-state index in [-0.39, 0.29) is 18.9 Å². The molecule has 142 valence electrons. The molecule has 1 saturated heterocycles. The van der Waals surface area contributed by atoms with E-state index >= 15 is 0 Å². The third-order valence-electron chi connectivity index (χ3n) is 4.74. The first-order valence-electron chi connectivity index (χ1n) is 9.20. The van der Waals surface area contributed by atoms with Crippen molar-refractivity contribution in [2.24, 2.45) is 0 Å². The molecule has 1 aromatic heterocycles. The fourth-order valence-electron chi connectivity index (χ4n) is 3.30. The standard InChI is InChI=1S/C20H23N3O4/c24-20(22-11-16-3-4-18-19(10-16)27-14-26-18)23(13-17-2-1-9-25-17)12-15-5-7-21-8-6-15/h3-8,10,17H,1-2,9,11-14H2,(H,22,24). The van der Waals surface area contributed by atoms with Crippen LogP contribution in [-0.2, 0) is 17.8 Å². The quantitative estimate of drug-likeness (QED) is 0.848. The van der Waals surface area contributed by atoms with Gasteiger partial charge < -0.3 is 24.4 Å². The molecule has 1 aromatic carbocycles. The van der Waals surface area contributed by atoms with Crippen LogP contribution in [0.4, 0.5) is 4.79 Å². The van der Waals surface area contributed by atoms with Gasteiger partial charge in [0.15, 0.2) is 11.5 Å². The molecule has 4 rings (SSSR count). The number of nitrogens with one attached hydrogen (secondary N) is 1. The topological polar surface area (TPSA) is 72.9 Å². The Bertz CT molecular complexity index is 778. The number of carbonyl (C=O) groups is 1. The molecular weight excluding hydrogens is 346 g/mol. The number of hydrogen-bond donors (Lipinski definition) is 1. The largest absolute Gasteiger partial charge is 0.454 e. The fourth-order valence-corrected chi connectivity index (χ4v) is 3.30. The lowest BCUT2D eigenvalue weighted by molar-refractivity contribution is 0.0794. The van der Waals surface area contributed by atoms with Gasteiger partial charge in [-0.05, 0) is 48.2 Å². The Labute approximate surface area is 158 Å². The molecule has 0 aliphatic carbocycles. The number of hydrogen-bond acceptors (Lipinski definition) is 5. The number of ether oxygens (including phenoxy) is 3. The molecule has 2 aliphatic heterocycles. The highest BCUT2D eigenvalue weighted by Gasteiger charge is 2.23. The second-order valence-corrected chi connectivity index (χ2v) is 6.72. The predicted octanol–water partition coefficient (Wildman–Crippen LogP) is 2.70. The van der Waals surface area contributed by atoms with Gasteiger partial charge >= 0.3 is 6.03 Å². The van der Waals surface area contributed by atoms with Crippen LogP contribution in [0.5, 0.6) is 11.5 Å². The molecule has 0 bridgehead atoms. The minimum atomic E-state index is -0.111. The van der Waals surface area contributed by atoms with Gasteiger partial charge in [0, 0.05) is 38.6 Å². The van der Waals surface area contributed by atoms with Crippen molar-refractivity contribution in [1.82, 2.24) is 15.2 Å². The number of fused-ring (bicyclic) bond motifs is 1.